The molecule has 0 aliphatic heterocycles. The first-order chi connectivity index (χ1) is 13.7. The summed E-state index contributed by atoms with van der Waals surface area (Å²) in [5.41, 5.74) is 1.88. The number of rotatable bonds is 4. The number of carbonyl (C=O) groups excluding carboxylic acids is 1. The Kier molecular flexibility index (Phi) is 3.95. The van der Waals surface area contributed by atoms with Crippen molar-refractivity contribution in [3.05, 3.63) is 75.8 Å². The van der Waals surface area contributed by atoms with Crippen LogP contribution in [0.25, 0.3) is 32.0 Å². The van der Waals surface area contributed by atoms with Crippen LogP contribution in [0, 0.1) is 0 Å². The van der Waals surface area contributed by atoms with E-state index in [0.29, 0.717) is 16.0 Å². The summed E-state index contributed by atoms with van der Waals surface area (Å²) >= 11 is 1.33. The number of H-pyrrole nitrogens is 1. The average molecular weight is 390 g/mol. The predicted octanol–water partition coefficient (Wildman–Crippen LogP) is 4.17. The van der Waals surface area contributed by atoms with E-state index in [0.717, 1.165) is 27.3 Å². The molecule has 0 spiro atoms. The van der Waals surface area contributed by atoms with Gasteiger partial charge in [-0.15, -0.1) is 11.3 Å². The average Bonchev–Trinajstić information content (AvgIpc) is 3.34. The summed E-state index contributed by atoms with van der Waals surface area (Å²) in [5.74, 6) is -0.0875. The zero-order valence-corrected chi connectivity index (χ0v) is 15.4. The number of fused-ring (bicyclic) bond motifs is 4. The molecule has 0 unspecified atom stereocenters. The van der Waals surface area contributed by atoms with Gasteiger partial charge in [-0.1, -0.05) is 30.3 Å². The number of hydrogen-bond donors (Lipinski definition) is 1. The quantitative estimate of drug-likeness (QED) is 0.466. The molecule has 5 aromatic rings. The van der Waals surface area contributed by atoms with Gasteiger partial charge in [0, 0.05) is 10.9 Å². The number of aromatic amines is 1. The number of nitrogens with one attached hydrogen (secondary N) is 1. The van der Waals surface area contributed by atoms with E-state index >= 15 is 0 Å². The largest absolute Gasteiger partial charge is 0.464 e. The monoisotopic (exact) mass is 390 g/mol. The van der Waals surface area contributed by atoms with Crippen LogP contribution in [0.15, 0.2) is 63.3 Å². The molecule has 0 atom stereocenters. The van der Waals surface area contributed by atoms with Crippen LogP contribution in [0.5, 0.6) is 0 Å². The summed E-state index contributed by atoms with van der Waals surface area (Å²) in [6.45, 7) is -0.0869. The number of ether oxygens (including phenoxy) is 1. The first-order valence-corrected chi connectivity index (χ1v) is 9.57. The molecule has 138 valence electrons. The van der Waals surface area contributed by atoms with Crippen LogP contribution < -0.4 is 5.56 Å². The molecule has 1 N–H and O–H groups in total. The fourth-order valence-corrected chi connectivity index (χ4v) is 4.08. The molecule has 2 aromatic carbocycles. The van der Waals surface area contributed by atoms with Gasteiger partial charge >= 0.3 is 5.97 Å². The summed E-state index contributed by atoms with van der Waals surface area (Å²) in [5, 5.41) is 4.83. The van der Waals surface area contributed by atoms with E-state index in [2.05, 4.69) is 9.97 Å². The number of carbonyl (C=O) groups is 1. The van der Waals surface area contributed by atoms with Crippen molar-refractivity contribution in [1.82, 2.24) is 9.97 Å². The third-order valence-electron chi connectivity index (χ3n) is 4.61. The minimum Gasteiger partial charge on any atom is -0.464 e. The maximum Gasteiger partial charge on any atom is 0.310 e. The Labute approximate surface area is 162 Å². The molecule has 0 amide bonds. The van der Waals surface area contributed by atoms with Gasteiger partial charge in [-0.3, -0.25) is 9.59 Å². The Morgan fingerprint density at radius 2 is 2.07 bits per heavy atom. The lowest BCUT2D eigenvalue weighted by Gasteiger charge is -2.05. The van der Waals surface area contributed by atoms with Gasteiger partial charge in [0.25, 0.3) is 5.56 Å². The number of benzene rings is 2. The minimum absolute atomic E-state index is 0.0753. The zero-order valence-electron chi connectivity index (χ0n) is 14.6. The Bertz CT molecular complexity index is 1400. The maximum atomic E-state index is 12.4. The summed E-state index contributed by atoms with van der Waals surface area (Å²) in [4.78, 5) is 31.3. The highest BCUT2D eigenvalue weighted by atomic mass is 32.1. The molecule has 7 heteroatoms. The first-order valence-electron chi connectivity index (χ1n) is 8.69. The highest BCUT2D eigenvalue weighted by Crippen LogP contribution is 2.30. The van der Waals surface area contributed by atoms with Crippen LogP contribution in [0.1, 0.15) is 11.4 Å². The van der Waals surface area contributed by atoms with Crippen LogP contribution in [-0.4, -0.2) is 15.9 Å². The second-order valence-corrected chi connectivity index (χ2v) is 7.32. The van der Waals surface area contributed by atoms with Gasteiger partial charge < -0.3 is 14.1 Å². The third-order valence-corrected chi connectivity index (χ3v) is 5.51. The lowest BCUT2D eigenvalue weighted by atomic mass is 10.0. The highest BCUT2D eigenvalue weighted by molar-refractivity contribution is 7.17. The van der Waals surface area contributed by atoms with Crippen LogP contribution in [-0.2, 0) is 22.6 Å². The highest BCUT2D eigenvalue weighted by Gasteiger charge is 2.15. The maximum absolute atomic E-state index is 12.4. The normalized spacial score (nSPS) is 11.4. The van der Waals surface area contributed by atoms with Crippen LogP contribution in [0.3, 0.4) is 0 Å². The fraction of sp³-hybridized carbons (Fsp3) is 0.0952. The second kappa shape index (κ2) is 6.61. The lowest BCUT2D eigenvalue weighted by Crippen LogP contribution is -2.14. The number of furan rings is 1. The number of esters is 1. The van der Waals surface area contributed by atoms with Crippen molar-refractivity contribution < 1.29 is 13.9 Å². The SMILES string of the molecule is O=C(Cc1coc2ccc3ccccc3c12)OCc1nc2ccsc2c(=O)[nH]1. The molecule has 0 saturated carbocycles. The smallest absolute Gasteiger partial charge is 0.310 e. The summed E-state index contributed by atoms with van der Waals surface area (Å²) in [6, 6.07) is 13.6. The van der Waals surface area contributed by atoms with Gasteiger partial charge in [-0.05, 0) is 28.3 Å². The molecule has 0 bridgehead atoms. The van der Waals surface area contributed by atoms with Crippen molar-refractivity contribution in [3.63, 3.8) is 0 Å². The number of nitrogens with zero attached hydrogens (tertiary/aromatic N) is 1. The van der Waals surface area contributed by atoms with Crippen molar-refractivity contribution in [2.75, 3.05) is 0 Å². The topological polar surface area (TPSA) is 85.2 Å². The van der Waals surface area contributed by atoms with Crippen molar-refractivity contribution in [3.8, 4) is 0 Å². The van der Waals surface area contributed by atoms with E-state index in [4.69, 9.17) is 9.15 Å². The number of aromatic nitrogens is 2. The van der Waals surface area contributed by atoms with Gasteiger partial charge in [0.1, 0.15) is 22.7 Å². The molecule has 28 heavy (non-hydrogen) atoms. The molecule has 3 aromatic heterocycles. The first kappa shape index (κ1) is 16.7. The van der Waals surface area contributed by atoms with Crippen molar-refractivity contribution >= 4 is 49.3 Å². The molecule has 3 heterocycles. The molecular formula is C21H14N2O4S. The molecular weight excluding hydrogens is 376 g/mol. The minimum atomic E-state index is -0.413. The molecule has 0 aliphatic carbocycles. The van der Waals surface area contributed by atoms with E-state index in [9.17, 15) is 9.59 Å². The predicted molar refractivity (Wildman–Crippen MR) is 107 cm³/mol. The van der Waals surface area contributed by atoms with Crippen molar-refractivity contribution in [1.29, 1.82) is 0 Å². The Morgan fingerprint density at radius 3 is 3.00 bits per heavy atom. The van der Waals surface area contributed by atoms with Gasteiger partial charge in [-0.2, -0.15) is 0 Å². The van der Waals surface area contributed by atoms with Gasteiger partial charge in [0.15, 0.2) is 0 Å². The molecule has 0 radical (unpaired) electrons. The fourth-order valence-electron chi connectivity index (χ4n) is 3.35. The lowest BCUT2D eigenvalue weighted by molar-refractivity contribution is -0.144. The van der Waals surface area contributed by atoms with Gasteiger partial charge in [-0.25, -0.2) is 4.98 Å². The Hall–Kier alpha value is -3.45. The van der Waals surface area contributed by atoms with E-state index in [1.165, 1.54) is 11.3 Å². The molecule has 5 rings (SSSR count). The Morgan fingerprint density at radius 1 is 1.18 bits per heavy atom. The summed E-state index contributed by atoms with van der Waals surface area (Å²) in [6.07, 6.45) is 1.67. The zero-order chi connectivity index (χ0) is 19.1. The van der Waals surface area contributed by atoms with Crippen LogP contribution in [0.2, 0.25) is 0 Å². The Balaban J connectivity index is 1.38. The van der Waals surface area contributed by atoms with Crippen LogP contribution in [0.4, 0.5) is 0 Å². The van der Waals surface area contributed by atoms with Crippen LogP contribution >= 0.6 is 11.3 Å². The number of hydrogen-bond acceptors (Lipinski definition) is 6. The standard InChI is InChI=1S/C21H14N2O4S/c24-18(27-11-17-22-15-7-8-28-20(15)21(25)23-17)9-13-10-26-16-6-5-12-3-1-2-4-14(12)19(13)16/h1-8,10H,9,11H2,(H,22,23,25). The molecule has 0 saturated heterocycles. The van der Waals surface area contributed by atoms with E-state index in [-0.39, 0.29) is 18.6 Å². The molecule has 0 aliphatic rings. The van der Waals surface area contributed by atoms with E-state index in [1.54, 1.807) is 17.7 Å². The van der Waals surface area contributed by atoms with E-state index in [1.807, 2.05) is 36.4 Å². The van der Waals surface area contributed by atoms with Gasteiger partial charge in [0.05, 0.1) is 18.2 Å². The third kappa shape index (κ3) is 2.86. The van der Waals surface area contributed by atoms with Crippen molar-refractivity contribution in [2.24, 2.45) is 0 Å². The number of thiophene rings is 1. The second-order valence-electron chi connectivity index (χ2n) is 6.41. The van der Waals surface area contributed by atoms with E-state index < -0.39 is 5.97 Å². The summed E-state index contributed by atoms with van der Waals surface area (Å²) in [7, 11) is 0. The summed E-state index contributed by atoms with van der Waals surface area (Å²) < 4.78 is 11.5. The van der Waals surface area contributed by atoms with Crippen molar-refractivity contribution in [2.45, 2.75) is 13.0 Å². The molecule has 0 fully saturated rings. The molecule has 6 nitrogen and oxygen atoms in total. The van der Waals surface area contributed by atoms with Gasteiger partial charge in [0.2, 0.25) is 0 Å².